The molecule has 8 nitrogen and oxygen atoms in total. The standard InChI is InChI=1S/C23H14FN3O5/c24-18-6-2-5-16(12-18)23(29)32-21-9-1-4-15(11-21)10-17(14-25)22(28)26-19-7-3-8-20(13-19)27(30)31/h1-13H,(H,26,28)/b17-10+. The van der Waals surface area contributed by atoms with Crippen LogP contribution in [0.15, 0.2) is 78.4 Å². The molecule has 0 atom stereocenters. The lowest BCUT2D eigenvalue weighted by Gasteiger charge is -2.06. The van der Waals surface area contributed by atoms with Gasteiger partial charge < -0.3 is 10.1 Å². The minimum atomic E-state index is -0.769. The number of hydrogen-bond donors (Lipinski definition) is 1. The Morgan fingerprint density at radius 3 is 2.53 bits per heavy atom. The van der Waals surface area contributed by atoms with Gasteiger partial charge in [-0.05, 0) is 48.0 Å². The van der Waals surface area contributed by atoms with Crippen molar-refractivity contribution in [2.24, 2.45) is 0 Å². The summed E-state index contributed by atoms with van der Waals surface area (Å²) in [5, 5.41) is 22.6. The zero-order chi connectivity index (χ0) is 23.1. The van der Waals surface area contributed by atoms with Crippen LogP contribution in [-0.2, 0) is 4.79 Å². The summed E-state index contributed by atoms with van der Waals surface area (Å²) in [6.45, 7) is 0. The van der Waals surface area contributed by atoms with Crippen LogP contribution in [0, 0.1) is 27.3 Å². The van der Waals surface area contributed by atoms with Crippen molar-refractivity contribution < 1.29 is 23.6 Å². The van der Waals surface area contributed by atoms with Gasteiger partial charge in [0, 0.05) is 17.8 Å². The summed E-state index contributed by atoms with van der Waals surface area (Å²) in [4.78, 5) is 34.8. The molecule has 0 saturated carbocycles. The molecule has 0 aliphatic heterocycles. The van der Waals surface area contributed by atoms with Crippen LogP contribution in [-0.4, -0.2) is 16.8 Å². The number of hydrogen-bond acceptors (Lipinski definition) is 6. The second-order valence-corrected chi connectivity index (χ2v) is 6.40. The Labute approximate surface area is 181 Å². The lowest BCUT2D eigenvalue weighted by atomic mass is 10.1. The molecule has 0 aromatic heterocycles. The van der Waals surface area contributed by atoms with Gasteiger partial charge in [-0.25, -0.2) is 9.18 Å². The molecular weight excluding hydrogens is 417 g/mol. The third-order valence-electron chi connectivity index (χ3n) is 4.12. The van der Waals surface area contributed by atoms with Crippen LogP contribution in [0.3, 0.4) is 0 Å². The van der Waals surface area contributed by atoms with Gasteiger partial charge in [0.15, 0.2) is 0 Å². The number of nitro benzene ring substituents is 1. The summed E-state index contributed by atoms with van der Waals surface area (Å²) in [5.74, 6) is -1.99. The van der Waals surface area contributed by atoms with Gasteiger partial charge in [-0.1, -0.05) is 24.3 Å². The number of nitriles is 1. The van der Waals surface area contributed by atoms with E-state index in [4.69, 9.17) is 4.74 Å². The number of amides is 1. The van der Waals surface area contributed by atoms with E-state index in [0.717, 1.165) is 6.07 Å². The Morgan fingerprint density at radius 2 is 1.81 bits per heavy atom. The number of nitrogens with zero attached hydrogens (tertiary/aromatic N) is 2. The fourth-order valence-corrected chi connectivity index (χ4v) is 2.66. The monoisotopic (exact) mass is 431 g/mol. The summed E-state index contributed by atoms with van der Waals surface area (Å²) in [5.41, 5.74) is 0.0895. The average Bonchev–Trinajstić information content (AvgIpc) is 2.77. The highest BCUT2D eigenvalue weighted by atomic mass is 19.1. The van der Waals surface area contributed by atoms with Gasteiger partial charge in [-0.15, -0.1) is 0 Å². The highest BCUT2D eigenvalue weighted by molar-refractivity contribution is 6.09. The van der Waals surface area contributed by atoms with E-state index < -0.39 is 22.6 Å². The number of benzene rings is 3. The third-order valence-corrected chi connectivity index (χ3v) is 4.12. The summed E-state index contributed by atoms with van der Waals surface area (Å²) < 4.78 is 18.5. The molecule has 3 rings (SSSR count). The topological polar surface area (TPSA) is 122 Å². The zero-order valence-corrected chi connectivity index (χ0v) is 16.3. The smallest absolute Gasteiger partial charge is 0.343 e. The van der Waals surface area contributed by atoms with Crippen molar-refractivity contribution >= 4 is 29.3 Å². The first-order valence-electron chi connectivity index (χ1n) is 9.11. The Kier molecular flexibility index (Phi) is 6.68. The van der Waals surface area contributed by atoms with Crippen molar-refractivity contribution in [2.45, 2.75) is 0 Å². The van der Waals surface area contributed by atoms with Gasteiger partial charge in [-0.2, -0.15) is 5.26 Å². The van der Waals surface area contributed by atoms with E-state index in [1.165, 1.54) is 60.7 Å². The maximum atomic E-state index is 13.3. The Balaban J connectivity index is 1.76. The average molecular weight is 431 g/mol. The van der Waals surface area contributed by atoms with E-state index in [2.05, 4.69) is 5.32 Å². The first-order valence-corrected chi connectivity index (χ1v) is 9.11. The number of carbonyl (C=O) groups excluding carboxylic acids is 2. The number of ether oxygens (including phenoxy) is 1. The van der Waals surface area contributed by atoms with E-state index in [1.807, 2.05) is 0 Å². The predicted octanol–water partition coefficient (Wildman–Crippen LogP) is 4.50. The molecule has 0 radical (unpaired) electrons. The fraction of sp³-hybridized carbons (Fsp3) is 0. The molecule has 32 heavy (non-hydrogen) atoms. The van der Waals surface area contributed by atoms with Crippen molar-refractivity contribution in [3.05, 3.63) is 105 Å². The van der Waals surface area contributed by atoms with E-state index in [1.54, 1.807) is 18.2 Å². The SMILES string of the molecule is N#C/C(=C\c1cccc(OC(=O)c2cccc(F)c2)c1)C(=O)Nc1cccc([N+](=O)[O-])c1. The maximum Gasteiger partial charge on any atom is 0.343 e. The van der Waals surface area contributed by atoms with Gasteiger partial charge >= 0.3 is 5.97 Å². The van der Waals surface area contributed by atoms with Gasteiger partial charge in [0.1, 0.15) is 23.2 Å². The molecule has 0 fully saturated rings. The minimum Gasteiger partial charge on any atom is -0.423 e. The number of esters is 1. The molecule has 0 unspecified atom stereocenters. The van der Waals surface area contributed by atoms with Gasteiger partial charge in [0.25, 0.3) is 11.6 Å². The van der Waals surface area contributed by atoms with E-state index in [-0.39, 0.29) is 28.3 Å². The van der Waals surface area contributed by atoms with Crippen molar-refractivity contribution in [2.75, 3.05) is 5.32 Å². The predicted molar refractivity (Wildman–Crippen MR) is 113 cm³/mol. The van der Waals surface area contributed by atoms with E-state index in [9.17, 15) is 29.4 Å². The molecule has 0 bridgehead atoms. The molecule has 0 heterocycles. The Bertz CT molecular complexity index is 1280. The molecule has 1 N–H and O–H groups in total. The van der Waals surface area contributed by atoms with Crippen molar-refractivity contribution in [1.29, 1.82) is 5.26 Å². The van der Waals surface area contributed by atoms with Crippen LogP contribution < -0.4 is 10.1 Å². The third kappa shape index (κ3) is 5.61. The summed E-state index contributed by atoms with van der Waals surface area (Å²) in [7, 11) is 0. The molecule has 0 aliphatic rings. The molecule has 0 spiro atoms. The molecule has 3 aromatic rings. The summed E-state index contributed by atoms with van der Waals surface area (Å²) in [6, 6.07) is 18.1. The number of carbonyl (C=O) groups is 2. The summed E-state index contributed by atoms with van der Waals surface area (Å²) in [6.07, 6.45) is 1.27. The van der Waals surface area contributed by atoms with Crippen LogP contribution in [0.1, 0.15) is 15.9 Å². The number of nitrogens with one attached hydrogen (secondary N) is 1. The number of non-ortho nitro benzene ring substituents is 1. The summed E-state index contributed by atoms with van der Waals surface area (Å²) >= 11 is 0. The molecule has 158 valence electrons. The number of rotatable bonds is 6. The number of anilines is 1. The van der Waals surface area contributed by atoms with Crippen molar-refractivity contribution in [3.63, 3.8) is 0 Å². The second-order valence-electron chi connectivity index (χ2n) is 6.40. The Hall–Kier alpha value is -4.84. The molecule has 3 aromatic carbocycles. The van der Waals surface area contributed by atoms with Crippen LogP contribution in [0.2, 0.25) is 0 Å². The number of nitro groups is 1. The van der Waals surface area contributed by atoms with Gasteiger partial charge in [-0.3, -0.25) is 14.9 Å². The van der Waals surface area contributed by atoms with Gasteiger partial charge in [0.2, 0.25) is 0 Å². The maximum absolute atomic E-state index is 13.3. The van der Waals surface area contributed by atoms with Crippen LogP contribution in [0.4, 0.5) is 15.8 Å². The van der Waals surface area contributed by atoms with Crippen LogP contribution in [0.25, 0.3) is 6.08 Å². The van der Waals surface area contributed by atoms with Crippen LogP contribution in [0.5, 0.6) is 5.75 Å². The molecule has 0 saturated heterocycles. The lowest BCUT2D eigenvalue weighted by molar-refractivity contribution is -0.384. The minimum absolute atomic E-state index is 0.0278. The van der Waals surface area contributed by atoms with E-state index >= 15 is 0 Å². The zero-order valence-electron chi connectivity index (χ0n) is 16.3. The van der Waals surface area contributed by atoms with Crippen molar-refractivity contribution in [1.82, 2.24) is 0 Å². The molecule has 0 aliphatic carbocycles. The quantitative estimate of drug-likeness (QED) is 0.153. The van der Waals surface area contributed by atoms with Gasteiger partial charge in [0.05, 0.1) is 10.5 Å². The largest absolute Gasteiger partial charge is 0.423 e. The molecule has 9 heteroatoms. The fourth-order valence-electron chi connectivity index (χ4n) is 2.66. The second kappa shape index (κ2) is 9.77. The molecule has 1 amide bonds. The van der Waals surface area contributed by atoms with Crippen molar-refractivity contribution in [3.8, 4) is 11.8 Å². The first kappa shape index (κ1) is 21.9. The molecular formula is C23H14FN3O5. The first-order chi connectivity index (χ1) is 15.4. The Morgan fingerprint density at radius 1 is 1.06 bits per heavy atom. The highest BCUT2D eigenvalue weighted by Crippen LogP contribution is 2.20. The van der Waals surface area contributed by atoms with E-state index in [0.29, 0.717) is 5.56 Å². The lowest BCUT2D eigenvalue weighted by Crippen LogP contribution is -2.13. The number of halogens is 1. The van der Waals surface area contributed by atoms with Crippen LogP contribution >= 0.6 is 0 Å². The normalized spacial score (nSPS) is 10.7. The highest BCUT2D eigenvalue weighted by Gasteiger charge is 2.13.